The quantitative estimate of drug-likeness (QED) is 0.878. The van der Waals surface area contributed by atoms with Crippen LogP contribution in [0, 0.1) is 18.6 Å². The van der Waals surface area contributed by atoms with Crippen molar-refractivity contribution in [2.45, 2.75) is 20.0 Å². The van der Waals surface area contributed by atoms with Crippen molar-refractivity contribution in [1.29, 1.82) is 0 Å². The Morgan fingerprint density at radius 2 is 1.87 bits per heavy atom. The molecule has 2 aromatic rings. The van der Waals surface area contributed by atoms with Gasteiger partial charge in [0.25, 0.3) is 5.91 Å². The van der Waals surface area contributed by atoms with Gasteiger partial charge in [0.05, 0.1) is 11.3 Å². The predicted octanol–water partition coefficient (Wildman–Crippen LogP) is 3.46. The van der Waals surface area contributed by atoms with Crippen molar-refractivity contribution in [2.24, 2.45) is 0 Å². The maximum Gasteiger partial charge on any atom is 0.338 e. The monoisotopic (exact) mass is 319 g/mol. The average molecular weight is 319 g/mol. The fourth-order valence-corrected chi connectivity index (χ4v) is 1.88. The molecule has 0 aliphatic carbocycles. The summed E-state index contributed by atoms with van der Waals surface area (Å²) in [6.07, 6.45) is -1.13. The van der Waals surface area contributed by atoms with E-state index < -0.39 is 29.6 Å². The lowest BCUT2D eigenvalue weighted by Gasteiger charge is -2.14. The number of esters is 1. The van der Waals surface area contributed by atoms with Crippen molar-refractivity contribution < 1.29 is 23.1 Å². The molecule has 120 valence electrons. The number of amides is 1. The van der Waals surface area contributed by atoms with Gasteiger partial charge in [0.1, 0.15) is 11.6 Å². The second-order valence-electron chi connectivity index (χ2n) is 5.03. The number of aryl methyl sites for hydroxylation is 1. The number of nitrogens with one attached hydrogen (secondary N) is 1. The molecule has 0 spiro atoms. The second-order valence-corrected chi connectivity index (χ2v) is 5.03. The van der Waals surface area contributed by atoms with Crippen LogP contribution in [0.2, 0.25) is 0 Å². The van der Waals surface area contributed by atoms with Crippen molar-refractivity contribution in [3.63, 3.8) is 0 Å². The third-order valence-electron chi connectivity index (χ3n) is 3.10. The van der Waals surface area contributed by atoms with Crippen molar-refractivity contribution in [1.82, 2.24) is 0 Å². The maximum atomic E-state index is 13.5. The van der Waals surface area contributed by atoms with Crippen LogP contribution in [0.3, 0.4) is 0 Å². The summed E-state index contributed by atoms with van der Waals surface area (Å²) >= 11 is 0. The van der Waals surface area contributed by atoms with E-state index in [1.807, 2.05) is 13.0 Å². The van der Waals surface area contributed by atoms with E-state index in [9.17, 15) is 18.4 Å². The number of hydrogen-bond donors (Lipinski definition) is 1. The highest BCUT2D eigenvalue weighted by Gasteiger charge is 2.20. The van der Waals surface area contributed by atoms with Gasteiger partial charge >= 0.3 is 5.97 Å². The summed E-state index contributed by atoms with van der Waals surface area (Å²) in [6.45, 7) is 3.19. The zero-order valence-electron chi connectivity index (χ0n) is 12.6. The number of rotatable bonds is 4. The van der Waals surface area contributed by atoms with Crippen LogP contribution in [0.1, 0.15) is 22.8 Å². The van der Waals surface area contributed by atoms with Gasteiger partial charge in [0, 0.05) is 6.07 Å². The van der Waals surface area contributed by atoms with Crippen molar-refractivity contribution >= 4 is 17.6 Å². The molecule has 1 atom stereocenters. The molecule has 0 saturated carbocycles. The Labute approximate surface area is 132 Å². The van der Waals surface area contributed by atoms with E-state index in [1.54, 1.807) is 18.2 Å². The van der Waals surface area contributed by atoms with Crippen molar-refractivity contribution in [3.05, 3.63) is 65.2 Å². The van der Waals surface area contributed by atoms with E-state index in [0.717, 1.165) is 17.7 Å². The summed E-state index contributed by atoms with van der Waals surface area (Å²) in [7, 11) is 0. The van der Waals surface area contributed by atoms with Gasteiger partial charge in [0.15, 0.2) is 6.10 Å². The summed E-state index contributed by atoms with van der Waals surface area (Å²) in [5.41, 5.74) is 1.01. The molecule has 0 radical (unpaired) electrons. The van der Waals surface area contributed by atoms with Crippen LogP contribution < -0.4 is 5.32 Å². The summed E-state index contributed by atoms with van der Waals surface area (Å²) in [5.74, 6) is -3.03. The lowest BCUT2D eigenvalue weighted by molar-refractivity contribution is -0.123. The zero-order valence-corrected chi connectivity index (χ0v) is 12.6. The topological polar surface area (TPSA) is 55.4 Å². The Bertz CT molecular complexity index is 746. The van der Waals surface area contributed by atoms with Crippen molar-refractivity contribution in [3.8, 4) is 0 Å². The Hall–Kier alpha value is -2.76. The molecule has 0 aliphatic rings. The SMILES string of the molecule is Cc1cccc(C(=O)OC(C)C(=O)Nc2ccc(F)cc2F)c1. The molecule has 1 unspecified atom stereocenters. The molecule has 0 bridgehead atoms. The fraction of sp³-hybridized carbons (Fsp3) is 0.176. The average Bonchev–Trinajstić information content (AvgIpc) is 2.49. The summed E-state index contributed by atoms with van der Waals surface area (Å²) in [5, 5.41) is 2.25. The number of carbonyl (C=O) groups excluding carboxylic acids is 2. The van der Waals surface area contributed by atoms with E-state index in [0.29, 0.717) is 11.6 Å². The predicted molar refractivity (Wildman–Crippen MR) is 81.0 cm³/mol. The highest BCUT2D eigenvalue weighted by atomic mass is 19.1. The number of hydrogen-bond acceptors (Lipinski definition) is 3. The first-order valence-corrected chi connectivity index (χ1v) is 6.90. The summed E-state index contributed by atoms with van der Waals surface area (Å²) in [4.78, 5) is 23.9. The van der Waals surface area contributed by atoms with E-state index in [1.165, 1.54) is 6.92 Å². The molecule has 1 N–H and O–H groups in total. The smallest absolute Gasteiger partial charge is 0.338 e. The Balaban J connectivity index is 2.01. The minimum absolute atomic E-state index is 0.185. The molecule has 1 amide bonds. The number of anilines is 1. The van der Waals surface area contributed by atoms with Crippen LogP contribution in [-0.4, -0.2) is 18.0 Å². The van der Waals surface area contributed by atoms with E-state index in [2.05, 4.69) is 5.32 Å². The molecular formula is C17H15F2NO3. The minimum Gasteiger partial charge on any atom is -0.449 e. The molecule has 0 aromatic heterocycles. The molecule has 6 heteroatoms. The molecule has 0 saturated heterocycles. The third kappa shape index (κ3) is 4.35. The highest BCUT2D eigenvalue weighted by Crippen LogP contribution is 2.16. The minimum atomic E-state index is -1.13. The van der Waals surface area contributed by atoms with Crippen LogP contribution in [0.5, 0.6) is 0 Å². The third-order valence-corrected chi connectivity index (χ3v) is 3.10. The normalized spacial score (nSPS) is 11.7. The number of benzene rings is 2. The van der Waals surface area contributed by atoms with Crippen molar-refractivity contribution in [2.75, 3.05) is 5.32 Å². The first kappa shape index (κ1) is 16.6. The van der Waals surface area contributed by atoms with Crippen LogP contribution in [0.15, 0.2) is 42.5 Å². The Kier molecular flexibility index (Phi) is 5.05. The lowest BCUT2D eigenvalue weighted by Crippen LogP contribution is -2.30. The lowest BCUT2D eigenvalue weighted by atomic mass is 10.1. The van der Waals surface area contributed by atoms with Gasteiger partial charge < -0.3 is 10.1 Å². The molecule has 0 fully saturated rings. The number of halogens is 2. The highest BCUT2D eigenvalue weighted by molar-refractivity contribution is 5.97. The van der Waals surface area contributed by atoms with Crippen LogP contribution in [0.4, 0.5) is 14.5 Å². The van der Waals surface area contributed by atoms with Gasteiger partial charge in [-0.1, -0.05) is 17.7 Å². The van der Waals surface area contributed by atoms with E-state index in [4.69, 9.17) is 4.74 Å². The number of ether oxygens (including phenoxy) is 1. The number of carbonyl (C=O) groups is 2. The molecule has 2 rings (SSSR count). The molecule has 0 heterocycles. The first-order chi connectivity index (χ1) is 10.9. The molecule has 23 heavy (non-hydrogen) atoms. The molecule has 2 aromatic carbocycles. The standard InChI is InChI=1S/C17H15F2NO3/c1-10-4-3-5-12(8-10)17(22)23-11(2)16(21)20-15-7-6-13(18)9-14(15)19/h3-9,11H,1-2H3,(H,20,21). The molecule has 0 aliphatic heterocycles. The van der Waals surface area contributed by atoms with E-state index >= 15 is 0 Å². The van der Waals surface area contributed by atoms with Gasteiger partial charge in [-0.15, -0.1) is 0 Å². The Morgan fingerprint density at radius 3 is 2.52 bits per heavy atom. The van der Waals surface area contributed by atoms with Gasteiger partial charge in [0.2, 0.25) is 0 Å². The largest absolute Gasteiger partial charge is 0.449 e. The fourth-order valence-electron chi connectivity index (χ4n) is 1.88. The van der Waals surface area contributed by atoms with Gasteiger partial charge in [-0.05, 0) is 38.1 Å². The molecular weight excluding hydrogens is 304 g/mol. The summed E-state index contributed by atoms with van der Waals surface area (Å²) < 4.78 is 31.3. The van der Waals surface area contributed by atoms with Crippen LogP contribution in [-0.2, 0) is 9.53 Å². The summed E-state index contributed by atoms with van der Waals surface area (Å²) in [6, 6.07) is 9.49. The molecule has 4 nitrogen and oxygen atoms in total. The van der Waals surface area contributed by atoms with Gasteiger partial charge in [-0.25, -0.2) is 13.6 Å². The Morgan fingerprint density at radius 1 is 1.13 bits per heavy atom. The van der Waals surface area contributed by atoms with Gasteiger partial charge in [-0.2, -0.15) is 0 Å². The zero-order chi connectivity index (χ0) is 17.0. The van der Waals surface area contributed by atoms with E-state index in [-0.39, 0.29) is 5.69 Å². The second kappa shape index (κ2) is 7.00. The maximum absolute atomic E-state index is 13.5. The van der Waals surface area contributed by atoms with Gasteiger partial charge in [-0.3, -0.25) is 4.79 Å². The van der Waals surface area contributed by atoms with Crippen LogP contribution in [0.25, 0.3) is 0 Å². The first-order valence-electron chi connectivity index (χ1n) is 6.90. The van der Waals surface area contributed by atoms with Crippen LogP contribution >= 0.6 is 0 Å².